The molecule has 1 atom stereocenters. The van der Waals surface area contributed by atoms with Gasteiger partial charge in [-0.25, -0.2) is 0 Å². The van der Waals surface area contributed by atoms with Crippen LogP contribution in [0.2, 0.25) is 0 Å². The van der Waals surface area contributed by atoms with Gasteiger partial charge in [-0.15, -0.1) is 0 Å². The van der Waals surface area contributed by atoms with E-state index in [0.29, 0.717) is 6.54 Å². The predicted octanol–water partition coefficient (Wildman–Crippen LogP) is 3.59. The number of hydrogen-bond acceptors (Lipinski definition) is 3. The van der Waals surface area contributed by atoms with E-state index in [9.17, 15) is 5.11 Å². The van der Waals surface area contributed by atoms with Crippen LogP contribution in [0, 0.1) is 5.41 Å². The fourth-order valence-electron chi connectivity index (χ4n) is 3.70. The molecule has 1 saturated carbocycles. The molecule has 0 saturated heterocycles. The molecule has 3 heteroatoms. The van der Waals surface area contributed by atoms with Crippen LogP contribution in [-0.2, 0) is 5.60 Å². The summed E-state index contributed by atoms with van der Waals surface area (Å²) >= 11 is 0. The number of benzene rings is 1. The maximum absolute atomic E-state index is 11.4. The van der Waals surface area contributed by atoms with Crippen LogP contribution < -0.4 is 10.5 Å². The second-order valence-electron chi connectivity index (χ2n) is 6.56. The summed E-state index contributed by atoms with van der Waals surface area (Å²) in [6.07, 6.45) is 8.09. The Labute approximate surface area is 128 Å². The molecule has 1 fully saturated rings. The van der Waals surface area contributed by atoms with Gasteiger partial charge in [0.25, 0.3) is 0 Å². The van der Waals surface area contributed by atoms with Crippen LogP contribution >= 0.6 is 0 Å². The lowest BCUT2D eigenvalue weighted by Crippen LogP contribution is -2.49. The Bertz CT molecular complexity index is 448. The fourth-order valence-corrected chi connectivity index (χ4v) is 3.70. The third kappa shape index (κ3) is 3.24. The molecule has 3 N–H and O–H groups in total. The van der Waals surface area contributed by atoms with E-state index in [4.69, 9.17) is 10.5 Å². The van der Waals surface area contributed by atoms with Crippen molar-refractivity contribution in [3.63, 3.8) is 0 Å². The van der Waals surface area contributed by atoms with Crippen molar-refractivity contribution in [2.24, 2.45) is 11.1 Å². The van der Waals surface area contributed by atoms with Crippen molar-refractivity contribution in [2.75, 3.05) is 13.7 Å². The summed E-state index contributed by atoms with van der Waals surface area (Å²) in [4.78, 5) is 0. The van der Waals surface area contributed by atoms with Crippen LogP contribution in [0.15, 0.2) is 24.3 Å². The van der Waals surface area contributed by atoms with Crippen molar-refractivity contribution in [3.8, 4) is 5.75 Å². The first-order valence-electron chi connectivity index (χ1n) is 8.13. The van der Waals surface area contributed by atoms with Gasteiger partial charge in [-0.05, 0) is 37.5 Å². The average molecular weight is 291 g/mol. The van der Waals surface area contributed by atoms with Crippen LogP contribution in [-0.4, -0.2) is 18.8 Å². The van der Waals surface area contributed by atoms with Gasteiger partial charge in [-0.3, -0.25) is 0 Å². The van der Waals surface area contributed by atoms with Crippen LogP contribution in [0.1, 0.15) is 57.4 Å². The minimum atomic E-state index is -0.923. The molecule has 0 radical (unpaired) electrons. The first-order valence-corrected chi connectivity index (χ1v) is 8.13. The molecule has 2 rings (SSSR count). The van der Waals surface area contributed by atoms with Crippen molar-refractivity contribution in [1.29, 1.82) is 0 Å². The van der Waals surface area contributed by atoms with Crippen molar-refractivity contribution < 1.29 is 9.84 Å². The van der Waals surface area contributed by atoms with Gasteiger partial charge in [-0.2, -0.15) is 0 Å². The van der Waals surface area contributed by atoms with Crippen molar-refractivity contribution in [3.05, 3.63) is 29.8 Å². The molecule has 118 valence electrons. The highest BCUT2D eigenvalue weighted by Gasteiger charge is 2.46. The first kappa shape index (κ1) is 16.3. The summed E-state index contributed by atoms with van der Waals surface area (Å²) in [6, 6.07) is 7.78. The summed E-state index contributed by atoms with van der Waals surface area (Å²) in [5.41, 5.74) is 5.91. The van der Waals surface area contributed by atoms with Gasteiger partial charge in [0.15, 0.2) is 0 Å². The molecule has 0 aromatic heterocycles. The Morgan fingerprint density at radius 2 is 1.81 bits per heavy atom. The van der Waals surface area contributed by atoms with E-state index in [-0.39, 0.29) is 5.41 Å². The summed E-state index contributed by atoms with van der Waals surface area (Å²) in [6.45, 7) is 2.45. The van der Waals surface area contributed by atoms with Gasteiger partial charge in [0.05, 0.1) is 12.7 Å². The van der Waals surface area contributed by atoms with Crippen LogP contribution in [0.25, 0.3) is 0 Å². The Hall–Kier alpha value is -1.06. The molecular formula is C18H29NO2. The first-order chi connectivity index (χ1) is 10.1. The average Bonchev–Trinajstić information content (AvgIpc) is 2.47. The topological polar surface area (TPSA) is 55.5 Å². The summed E-state index contributed by atoms with van der Waals surface area (Å²) in [7, 11) is 1.66. The second kappa shape index (κ2) is 6.80. The smallest absolute Gasteiger partial charge is 0.119 e. The number of hydrogen-bond donors (Lipinski definition) is 2. The zero-order valence-corrected chi connectivity index (χ0v) is 13.4. The minimum Gasteiger partial charge on any atom is -0.497 e. The summed E-state index contributed by atoms with van der Waals surface area (Å²) in [5, 5.41) is 11.4. The number of methoxy groups -OCH3 is 1. The van der Waals surface area contributed by atoms with Crippen molar-refractivity contribution in [1.82, 2.24) is 0 Å². The Morgan fingerprint density at radius 3 is 2.38 bits per heavy atom. The van der Waals surface area contributed by atoms with Crippen molar-refractivity contribution >= 4 is 0 Å². The van der Waals surface area contributed by atoms with E-state index in [1.807, 2.05) is 31.2 Å². The van der Waals surface area contributed by atoms with Gasteiger partial charge >= 0.3 is 0 Å². The molecule has 21 heavy (non-hydrogen) atoms. The number of rotatable bonds is 4. The maximum Gasteiger partial charge on any atom is 0.119 e. The molecule has 0 bridgehead atoms. The van der Waals surface area contributed by atoms with Crippen molar-refractivity contribution in [2.45, 2.75) is 57.5 Å². The Morgan fingerprint density at radius 1 is 1.19 bits per heavy atom. The van der Waals surface area contributed by atoms with Gasteiger partial charge in [0.1, 0.15) is 5.75 Å². The Kier molecular flexibility index (Phi) is 5.28. The van der Waals surface area contributed by atoms with E-state index in [0.717, 1.165) is 37.0 Å². The molecule has 1 aliphatic carbocycles. The molecule has 1 aromatic carbocycles. The monoisotopic (exact) mass is 291 g/mol. The van der Waals surface area contributed by atoms with Gasteiger partial charge in [0.2, 0.25) is 0 Å². The lowest BCUT2D eigenvalue weighted by atomic mass is 9.63. The van der Waals surface area contributed by atoms with E-state index in [1.54, 1.807) is 7.11 Å². The maximum atomic E-state index is 11.4. The molecule has 1 aromatic rings. The lowest BCUT2D eigenvalue weighted by molar-refractivity contribution is -0.0865. The highest BCUT2D eigenvalue weighted by Crippen LogP contribution is 2.48. The van der Waals surface area contributed by atoms with Gasteiger partial charge in [-0.1, -0.05) is 44.2 Å². The number of aliphatic hydroxyl groups is 1. The second-order valence-corrected chi connectivity index (χ2v) is 6.56. The van der Waals surface area contributed by atoms with Gasteiger partial charge < -0.3 is 15.6 Å². The van der Waals surface area contributed by atoms with E-state index in [1.165, 1.54) is 19.3 Å². The molecule has 0 heterocycles. The fraction of sp³-hybridized carbons (Fsp3) is 0.667. The van der Waals surface area contributed by atoms with Crippen LogP contribution in [0.3, 0.4) is 0 Å². The normalized spacial score (nSPS) is 21.9. The third-order valence-corrected chi connectivity index (χ3v) is 5.37. The highest BCUT2D eigenvalue weighted by atomic mass is 16.5. The van der Waals surface area contributed by atoms with E-state index >= 15 is 0 Å². The molecule has 0 aliphatic heterocycles. The highest BCUT2D eigenvalue weighted by molar-refractivity contribution is 5.33. The lowest BCUT2D eigenvalue weighted by Gasteiger charge is -2.46. The largest absolute Gasteiger partial charge is 0.497 e. The molecule has 1 unspecified atom stereocenters. The predicted molar refractivity (Wildman–Crippen MR) is 86.4 cm³/mol. The Balaban J connectivity index is 2.36. The summed E-state index contributed by atoms with van der Waals surface area (Å²) < 4.78 is 5.31. The van der Waals surface area contributed by atoms with Crippen LogP contribution in [0.5, 0.6) is 5.75 Å². The zero-order chi connectivity index (χ0) is 15.3. The summed E-state index contributed by atoms with van der Waals surface area (Å²) in [5.74, 6) is 0.783. The van der Waals surface area contributed by atoms with E-state index < -0.39 is 5.60 Å². The quantitative estimate of drug-likeness (QED) is 0.891. The number of ether oxygens (including phenoxy) is 1. The molecule has 3 nitrogen and oxygen atoms in total. The minimum absolute atomic E-state index is 0.236. The molecule has 1 aliphatic rings. The van der Waals surface area contributed by atoms with Gasteiger partial charge in [0, 0.05) is 12.0 Å². The number of nitrogens with two attached hydrogens (primary N) is 1. The zero-order valence-electron chi connectivity index (χ0n) is 13.4. The molecule has 0 amide bonds. The third-order valence-electron chi connectivity index (χ3n) is 5.37. The molecular weight excluding hydrogens is 262 g/mol. The van der Waals surface area contributed by atoms with Crippen LogP contribution in [0.4, 0.5) is 0 Å². The van der Waals surface area contributed by atoms with E-state index in [2.05, 4.69) is 0 Å². The molecule has 0 spiro atoms. The SMILES string of the molecule is COc1cccc(C(C)(O)C2(CN)CCCCCCC2)c1. The standard InChI is InChI=1S/C18H29NO2/c1-17(20,15-9-8-10-16(13-15)21-2)18(14-19)11-6-4-3-5-7-12-18/h8-10,13,20H,3-7,11-12,14,19H2,1-2H3.